The molecule has 0 rings (SSSR count). The van der Waals surface area contributed by atoms with Crippen LogP contribution in [0.4, 0.5) is 0 Å². The Bertz CT molecular complexity index is 232. The van der Waals surface area contributed by atoms with Gasteiger partial charge in [-0.15, -0.1) is 0 Å². The van der Waals surface area contributed by atoms with Crippen LogP contribution in [-0.4, -0.2) is 37.1 Å². The molecule has 3 heteroatoms. The minimum atomic E-state index is -0.342. The van der Waals surface area contributed by atoms with Crippen molar-refractivity contribution in [3.8, 4) is 6.07 Å². The van der Waals surface area contributed by atoms with E-state index in [4.69, 9.17) is 5.26 Å². The molecule has 1 unspecified atom stereocenters. The van der Waals surface area contributed by atoms with Gasteiger partial charge in [0.25, 0.3) is 0 Å². The van der Waals surface area contributed by atoms with Gasteiger partial charge >= 0.3 is 0 Å². The van der Waals surface area contributed by atoms with Crippen LogP contribution in [0.25, 0.3) is 0 Å². The Balaban J connectivity index is 3.73. The third-order valence-electron chi connectivity index (χ3n) is 2.96. The maximum Gasteiger partial charge on any atom is 0.103 e. The zero-order chi connectivity index (χ0) is 13.3. The highest BCUT2D eigenvalue weighted by Gasteiger charge is 2.21. The summed E-state index contributed by atoms with van der Waals surface area (Å²) in [6, 6.07) is 2.37. The van der Waals surface area contributed by atoms with Crippen LogP contribution in [-0.2, 0) is 0 Å². The Labute approximate surface area is 107 Å². The normalized spacial score (nSPS) is 14.9. The summed E-state index contributed by atoms with van der Waals surface area (Å²) in [4.78, 5) is 2.38. The van der Waals surface area contributed by atoms with Crippen molar-refractivity contribution >= 4 is 0 Å². The summed E-state index contributed by atoms with van der Waals surface area (Å²) in [6.07, 6.45) is 3.22. The van der Waals surface area contributed by atoms with Crippen molar-refractivity contribution in [2.75, 3.05) is 26.7 Å². The van der Waals surface area contributed by atoms with Crippen LogP contribution < -0.4 is 5.32 Å². The zero-order valence-corrected chi connectivity index (χ0v) is 12.2. The predicted molar refractivity (Wildman–Crippen MR) is 73.9 cm³/mol. The average Bonchev–Trinajstić information content (AvgIpc) is 2.24. The maximum atomic E-state index is 9.12. The molecule has 0 aliphatic heterocycles. The van der Waals surface area contributed by atoms with Crippen molar-refractivity contribution < 1.29 is 0 Å². The highest BCUT2D eigenvalue weighted by molar-refractivity contribution is 5.03. The number of hydrogen-bond donors (Lipinski definition) is 1. The Morgan fingerprint density at radius 2 is 2.00 bits per heavy atom. The molecule has 0 aromatic heterocycles. The van der Waals surface area contributed by atoms with E-state index in [0.29, 0.717) is 0 Å². The largest absolute Gasteiger partial charge is 0.306 e. The number of rotatable bonds is 9. The van der Waals surface area contributed by atoms with Gasteiger partial charge in [0.1, 0.15) is 5.54 Å². The molecule has 0 aromatic carbocycles. The minimum Gasteiger partial charge on any atom is -0.306 e. The fourth-order valence-electron chi connectivity index (χ4n) is 2.15. The van der Waals surface area contributed by atoms with Gasteiger partial charge in [-0.2, -0.15) is 5.26 Å². The quantitative estimate of drug-likeness (QED) is 0.629. The lowest BCUT2D eigenvalue weighted by atomic mass is 9.96. The topological polar surface area (TPSA) is 39.1 Å². The highest BCUT2D eigenvalue weighted by atomic mass is 15.1. The number of unbranched alkanes of at least 4 members (excludes halogenated alkanes) is 1. The van der Waals surface area contributed by atoms with E-state index in [2.05, 4.69) is 37.2 Å². The van der Waals surface area contributed by atoms with Crippen molar-refractivity contribution in [3.63, 3.8) is 0 Å². The van der Waals surface area contributed by atoms with Crippen LogP contribution in [0.5, 0.6) is 0 Å². The summed E-state index contributed by atoms with van der Waals surface area (Å²) in [7, 11) is 2.17. The Kier molecular flexibility index (Phi) is 8.20. The van der Waals surface area contributed by atoms with E-state index in [1.165, 1.54) is 6.42 Å². The number of nitrogens with zero attached hydrogens (tertiary/aromatic N) is 2. The second-order valence-electron chi connectivity index (χ2n) is 5.59. The Morgan fingerprint density at radius 1 is 1.35 bits per heavy atom. The van der Waals surface area contributed by atoms with E-state index < -0.39 is 0 Å². The molecule has 0 bridgehead atoms. The molecule has 100 valence electrons. The van der Waals surface area contributed by atoms with E-state index in [1.807, 2.05) is 13.8 Å². The van der Waals surface area contributed by atoms with Crippen LogP contribution in [0.1, 0.15) is 47.0 Å². The van der Waals surface area contributed by atoms with Crippen LogP contribution in [0.3, 0.4) is 0 Å². The fourth-order valence-corrected chi connectivity index (χ4v) is 2.15. The van der Waals surface area contributed by atoms with Gasteiger partial charge in [-0.1, -0.05) is 20.8 Å². The standard InChI is InChI=1S/C14H29N3/c1-6-16-14(4,12-15)9-7-8-10-17(5)11-13(2)3/h13,16H,6-11H2,1-5H3. The molecular weight excluding hydrogens is 210 g/mol. The van der Waals surface area contributed by atoms with Crippen LogP contribution in [0.2, 0.25) is 0 Å². The number of nitriles is 1. The molecule has 0 aliphatic carbocycles. The van der Waals surface area contributed by atoms with Gasteiger partial charge < -0.3 is 4.90 Å². The van der Waals surface area contributed by atoms with Gasteiger partial charge in [0.05, 0.1) is 6.07 Å². The van der Waals surface area contributed by atoms with Crippen LogP contribution in [0.15, 0.2) is 0 Å². The van der Waals surface area contributed by atoms with E-state index in [9.17, 15) is 0 Å². The summed E-state index contributed by atoms with van der Waals surface area (Å²) >= 11 is 0. The summed E-state index contributed by atoms with van der Waals surface area (Å²) < 4.78 is 0. The van der Waals surface area contributed by atoms with Crippen molar-refractivity contribution in [1.82, 2.24) is 10.2 Å². The molecule has 0 radical (unpaired) electrons. The molecule has 1 atom stereocenters. The minimum absolute atomic E-state index is 0.342. The predicted octanol–water partition coefficient (Wildman–Crippen LogP) is 2.64. The van der Waals surface area contributed by atoms with Gasteiger partial charge in [-0.25, -0.2) is 0 Å². The molecule has 0 saturated heterocycles. The molecule has 0 heterocycles. The Hall–Kier alpha value is -0.590. The summed E-state index contributed by atoms with van der Waals surface area (Å²) in [5.41, 5.74) is -0.342. The smallest absolute Gasteiger partial charge is 0.103 e. The van der Waals surface area contributed by atoms with Crippen molar-refractivity contribution in [1.29, 1.82) is 5.26 Å². The van der Waals surface area contributed by atoms with Gasteiger partial charge in [0.2, 0.25) is 0 Å². The summed E-state index contributed by atoms with van der Waals surface area (Å²) in [5, 5.41) is 12.4. The molecule has 0 aliphatic rings. The van der Waals surface area contributed by atoms with Crippen molar-refractivity contribution in [2.45, 2.75) is 52.5 Å². The van der Waals surface area contributed by atoms with Crippen LogP contribution in [0, 0.1) is 17.2 Å². The van der Waals surface area contributed by atoms with E-state index in [0.717, 1.165) is 38.4 Å². The molecule has 0 aromatic rings. The Morgan fingerprint density at radius 3 is 2.47 bits per heavy atom. The van der Waals surface area contributed by atoms with E-state index >= 15 is 0 Å². The second-order valence-corrected chi connectivity index (χ2v) is 5.59. The van der Waals surface area contributed by atoms with Gasteiger partial charge in [0, 0.05) is 6.54 Å². The molecular formula is C14H29N3. The third-order valence-corrected chi connectivity index (χ3v) is 2.96. The first-order chi connectivity index (χ1) is 7.93. The SMILES string of the molecule is CCNC(C)(C#N)CCCCN(C)CC(C)C. The lowest BCUT2D eigenvalue weighted by molar-refractivity contribution is 0.283. The lowest BCUT2D eigenvalue weighted by Gasteiger charge is -2.23. The average molecular weight is 239 g/mol. The number of nitrogens with one attached hydrogen (secondary N) is 1. The van der Waals surface area contributed by atoms with Gasteiger partial charge in [-0.3, -0.25) is 5.32 Å². The molecule has 1 N–H and O–H groups in total. The first-order valence-corrected chi connectivity index (χ1v) is 6.78. The number of hydrogen-bond acceptors (Lipinski definition) is 3. The van der Waals surface area contributed by atoms with Crippen molar-refractivity contribution in [3.05, 3.63) is 0 Å². The van der Waals surface area contributed by atoms with Gasteiger partial charge in [0.15, 0.2) is 0 Å². The summed E-state index contributed by atoms with van der Waals surface area (Å²) in [6.45, 7) is 11.7. The zero-order valence-electron chi connectivity index (χ0n) is 12.2. The monoisotopic (exact) mass is 239 g/mol. The fraction of sp³-hybridized carbons (Fsp3) is 0.929. The third kappa shape index (κ3) is 8.18. The highest BCUT2D eigenvalue weighted by Crippen LogP contribution is 2.13. The molecule has 17 heavy (non-hydrogen) atoms. The second kappa shape index (κ2) is 8.49. The lowest BCUT2D eigenvalue weighted by Crippen LogP contribution is -2.40. The van der Waals surface area contributed by atoms with E-state index in [-0.39, 0.29) is 5.54 Å². The molecule has 0 fully saturated rings. The molecule has 3 nitrogen and oxygen atoms in total. The van der Waals surface area contributed by atoms with Crippen LogP contribution >= 0.6 is 0 Å². The van der Waals surface area contributed by atoms with Crippen molar-refractivity contribution in [2.24, 2.45) is 5.92 Å². The molecule has 0 amide bonds. The first-order valence-electron chi connectivity index (χ1n) is 6.78. The van der Waals surface area contributed by atoms with E-state index in [1.54, 1.807) is 0 Å². The molecule has 0 spiro atoms. The maximum absolute atomic E-state index is 9.12. The molecule has 0 saturated carbocycles. The summed E-state index contributed by atoms with van der Waals surface area (Å²) in [5.74, 6) is 0.728. The van der Waals surface area contributed by atoms with Gasteiger partial charge in [-0.05, 0) is 52.2 Å². The first kappa shape index (κ1) is 16.4.